The molecule has 1 heterocycles. The number of hydrogen-bond acceptors (Lipinski definition) is 3. The summed E-state index contributed by atoms with van der Waals surface area (Å²) < 4.78 is 1.82. The highest BCUT2D eigenvalue weighted by atomic mass is 15.4. The Kier molecular flexibility index (Phi) is 2.78. The highest BCUT2D eigenvalue weighted by Gasteiger charge is 2.04. The number of hydrogen-bond donors (Lipinski definition) is 1. The minimum atomic E-state index is 0.572. The molecule has 0 saturated carbocycles. The number of aromatic nitrogens is 3. The monoisotopic (exact) mass is 202 g/mol. The highest BCUT2D eigenvalue weighted by molar-refractivity contribution is 5.58. The van der Waals surface area contributed by atoms with Gasteiger partial charge >= 0.3 is 0 Å². The Labute approximate surface area is 88.7 Å². The molecule has 0 amide bonds. The van der Waals surface area contributed by atoms with Gasteiger partial charge in [0.05, 0.1) is 18.4 Å². The molecule has 2 rings (SSSR count). The highest BCUT2D eigenvalue weighted by Crippen LogP contribution is 2.17. The lowest BCUT2D eigenvalue weighted by Gasteiger charge is -2.04. The molecule has 0 aliphatic carbocycles. The molecule has 4 nitrogen and oxygen atoms in total. The largest absolute Gasteiger partial charge is 0.329 e. The van der Waals surface area contributed by atoms with Crippen molar-refractivity contribution in [2.45, 2.75) is 13.5 Å². The molecule has 4 heteroatoms. The Morgan fingerprint density at radius 1 is 1.27 bits per heavy atom. The lowest BCUT2D eigenvalue weighted by molar-refractivity contribution is 0.604. The summed E-state index contributed by atoms with van der Waals surface area (Å²) in [5.41, 5.74) is 8.89. The van der Waals surface area contributed by atoms with Gasteiger partial charge in [-0.2, -0.15) is 0 Å². The van der Waals surface area contributed by atoms with E-state index in [1.165, 1.54) is 5.56 Å². The molecular formula is C11H14N4. The first-order chi connectivity index (χ1) is 7.31. The van der Waals surface area contributed by atoms with Crippen LogP contribution in [-0.4, -0.2) is 21.5 Å². The van der Waals surface area contributed by atoms with Gasteiger partial charge in [-0.15, -0.1) is 5.10 Å². The SMILES string of the molecule is Cc1ccc(-c2cnnn2CCN)cc1. The quantitative estimate of drug-likeness (QED) is 0.814. The van der Waals surface area contributed by atoms with Gasteiger partial charge in [0.2, 0.25) is 0 Å². The summed E-state index contributed by atoms with van der Waals surface area (Å²) in [6.07, 6.45) is 1.76. The summed E-state index contributed by atoms with van der Waals surface area (Å²) in [4.78, 5) is 0. The third-order valence-corrected chi connectivity index (χ3v) is 2.31. The van der Waals surface area contributed by atoms with Gasteiger partial charge in [-0.25, -0.2) is 4.68 Å². The molecule has 0 spiro atoms. The van der Waals surface area contributed by atoms with E-state index in [4.69, 9.17) is 5.73 Å². The molecule has 1 aromatic carbocycles. The van der Waals surface area contributed by atoms with Crippen LogP contribution in [-0.2, 0) is 6.54 Å². The molecule has 15 heavy (non-hydrogen) atoms. The Morgan fingerprint density at radius 2 is 2.00 bits per heavy atom. The van der Waals surface area contributed by atoms with Crippen molar-refractivity contribution in [1.29, 1.82) is 0 Å². The summed E-state index contributed by atoms with van der Waals surface area (Å²) in [5.74, 6) is 0. The average Bonchev–Trinajstić information content (AvgIpc) is 2.68. The second kappa shape index (κ2) is 4.23. The Bertz CT molecular complexity index is 430. The van der Waals surface area contributed by atoms with Crippen LogP contribution in [0.5, 0.6) is 0 Å². The van der Waals surface area contributed by atoms with Gasteiger partial charge in [0.15, 0.2) is 0 Å². The molecule has 0 radical (unpaired) electrons. The normalized spacial score (nSPS) is 10.5. The minimum absolute atomic E-state index is 0.572. The van der Waals surface area contributed by atoms with Crippen LogP contribution in [0, 0.1) is 6.92 Å². The third kappa shape index (κ3) is 2.05. The number of rotatable bonds is 3. The lowest BCUT2D eigenvalue weighted by atomic mass is 10.1. The van der Waals surface area contributed by atoms with E-state index in [0.29, 0.717) is 13.1 Å². The first-order valence-electron chi connectivity index (χ1n) is 4.97. The molecule has 0 aliphatic heterocycles. The fourth-order valence-corrected chi connectivity index (χ4v) is 1.49. The fraction of sp³-hybridized carbons (Fsp3) is 0.273. The first kappa shape index (κ1) is 9.86. The van der Waals surface area contributed by atoms with Crippen molar-refractivity contribution < 1.29 is 0 Å². The first-order valence-corrected chi connectivity index (χ1v) is 4.97. The zero-order chi connectivity index (χ0) is 10.7. The van der Waals surface area contributed by atoms with Gasteiger partial charge in [0.25, 0.3) is 0 Å². The number of aryl methyl sites for hydroxylation is 1. The van der Waals surface area contributed by atoms with Crippen molar-refractivity contribution in [2.75, 3.05) is 6.54 Å². The maximum Gasteiger partial charge on any atom is 0.0886 e. The Hall–Kier alpha value is -1.68. The van der Waals surface area contributed by atoms with E-state index in [-0.39, 0.29) is 0 Å². The predicted octanol–water partition coefficient (Wildman–Crippen LogP) is 1.21. The van der Waals surface area contributed by atoms with Crippen LogP contribution in [0.15, 0.2) is 30.5 Å². The van der Waals surface area contributed by atoms with E-state index in [9.17, 15) is 0 Å². The molecule has 2 N–H and O–H groups in total. The zero-order valence-electron chi connectivity index (χ0n) is 8.72. The van der Waals surface area contributed by atoms with Crippen molar-refractivity contribution in [3.05, 3.63) is 36.0 Å². The number of benzene rings is 1. The summed E-state index contributed by atoms with van der Waals surface area (Å²) in [5, 5.41) is 7.89. The van der Waals surface area contributed by atoms with E-state index in [2.05, 4.69) is 41.5 Å². The van der Waals surface area contributed by atoms with Crippen LogP contribution in [0.2, 0.25) is 0 Å². The zero-order valence-corrected chi connectivity index (χ0v) is 8.72. The predicted molar refractivity (Wildman–Crippen MR) is 59.2 cm³/mol. The maximum absolute atomic E-state index is 5.50. The van der Waals surface area contributed by atoms with Gasteiger partial charge < -0.3 is 5.73 Å². The summed E-state index contributed by atoms with van der Waals surface area (Å²) in [6.45, 7) is 3.34. The van der Waals surface area contributed by atoms with E-state index >= 15 is 0 Å². The second-order valence-electron chi connectivity index (χ2n) is 3.50. The number of nitrogens with zero attached hydrogens (tertiary/aromatic N) is 3. The van der Waals surface area contributed by atoms with E-state index < -0.39 is 0 Å². The van der Waals surface area contributed by atoms with Crippen LogP contribution in [0.4, 0.5) is 0 Å². The minimum Gasteiger partial charge on any atom is -0.329 e. The van der Waals surface area contributed by atoms with Gasteiger partial charge in [0, 0.05) is 12.1 Å². The Morgan fingerprint density at radius 3 is 2.67 bits per heavy atom. The van der Waals surface area contributed by atoms with Crippen LogP contribution in [0.25, 0.3) is 11.3 Å². The smallest absolute Gasteiger partial charge is 0.0886 e. The molecule has 0 bridgehead atoms. The average molecular weight is 202 g/mol. The van der Waals surface area contributed by atoms with Crippen LogP contribution >= 0.6 is 0 Å². The third-order valence-electron chi connectivity index (χ3n) is 2.31. The molecule has 0 fully saturated rings. The van der Waals surface area contributed by atoms with Crippen LogP contribution in [0.3, 0.4) is 0 Å². The van der Waals surface area contributed by atoms with Crippen molar-refractivity contribution in [3.8, 4) is 11.3 Å². The van der Waals surface area contributed by atoms with Crippen molar-refractivity contribution in [1.82, 2.24) is 15.0 Å². The molecule has 0 unspecified atom stereocenters. The molecule has 0 aliphatic rings. The standard InChI is InChI=1S/C11H14N4/c1-9-2-4-10(5-3-9)11-8-13-14-15(11)7-6-12/h2-5,8H,6-7,12H2,1H3. The maximum atomic E-state index is 5.50. The lowest BCUT2D eigenvalue weighted by Crippen LogP contribution is -2.12. The number of nitrogens with two attached hydrogens (primary N) is 1. The molecule has 1 aromatic heterocycles. The van der Waals surface area contributed by atoms with Crippen LogP contribution in [0.1, 0.15) is 5.56 Å². The Balaban J connectivity index is 2.36. The van der Waals surface area contributed by atoms with Crippen molar-refractivity contribution >= 4 is 0 Å². The van der Waals surface area contributed by atoms with Gasteiger partial charge in [-0.3, -0.25) is 0 Å². The van der Waals surface area contributed by atoms with E-state index in [0.717, 1.165) is 11.3 Å². The van der Waals surface area contributed by atoms with E-state index in [1.54, 1.807) is 6.20 Å². The molecule has 0 saturated heterocycles. The topological polar surface area (TPSA) is 56.7 Å². The summed E-state index contributed by atoms with van der Waals surface area (Å²) >= 11 is 0. The summed E-state index contributed by atoms with van der Waals surface area (Å²) in [7, 11) is 0. The van der Waals surface area contributed by atoms with Crippen molar-refractivity contribution in [3.63, 3.8) is 0 Å². The molecule has 78 valence electrons. The molecular weight excluding hydrogens is 188 g/mol. The van der Waals surface area contributed by atoms with Gasteiger partial charge in [-0.1, -0.05) is 35.0 Å². The molecule has 0 atom stereocenters. The van der Waals surface area contributed by atoms with Crippen LogP contribution < -0.4 is 5.73 Å². The second-order valence-corrected chi connectivity index (χ2v) is 3.50. The van der Waals surface area contributed by atoms with Gasteiger partial charge in [0.1, 0.15) is 0 Å². The molecule has 2 aromatic rings. The fourth-order valence-electron chi connectivity index (χ4n) is 1.49. The summed E-state index contributed by atoms with van der Waals surface area (Å²) in [6, 6.07) is 8.30. The van der Waals surface area contributed by atoms with Gasteiger partial charge in [-0.05, 0) is 6.92 Å². The van der Waals surface area contributed by atoms with Crippen molar-refractivity contribution in [2.24, 2.45) is 5.73 Å². The van der Waals surface area contributed by atoms with E-state index in [1.807, 2.05) is 4.68 Å².